The van der Waals surface area contributed by atoms with E-state index in [2.05, 4.69) is 65.6 Å². The van der Waals surface area contributed by atoms with Crippen molar-refractivity contribution in [2.45, 2.75) is 89.1 Å². The van der Waals surface area contributed by atoms with Gasteiger partial charge in [-0.25, -0.2) is 0 Å². The van der Waals surface area contributed by atoms with Crippen LogP contribution in [0.1, 0.15) is 102 Å². The molecule has 5 heteroatoms. The molecule has 2 fully saturated rings. The molecule has 2 amide bonds. The van der Waals surface area contributed by atoms with Crippen LogP contribution in [0, 0.1) is 0 Å². The fraction of sp³-hybridized carbons (Fsp3) is 0.333. The Kier molecular flexibility index (Phi) is 6.93. The van der Waals surface area contributed by atoms with Crippen molar-refractivity contribution >= 4 is 33.4 Å². The highest BCUT2D eigenvalue weighted by Crippen LogP contribution is 2.43. The van der Waals surface area contributed by atoms with Gasteiger partial charge in [-0.3, -0.25) is 9.59 Å². The van der Waals surface area contributed by atoms with Crippen LogP contribution in [0.5, 0.6) is 0 Å². The molecule has 47 heavy (non-hydrogen) atoms. The van der Waals surface area contributed by atoms with E-state index in [1.54, 1.807) is 4.90 Å². The number of rotatable bonds is 4. The Bertz CT molecular complexity index is 2050. The summed E-state index contributed by atoms with van der Waals surface area (Å²) in [5.74, 6) is 0.119. The number of amides is 2. The van der Waals surface area contributed by atoms with Gasteiger partial charge in [-0.2, -0.15) is 0 Å². The van der Waals surface area contributed by atoms with E-state index in [-0.39, 0.29) is 17.9 Å². The van der Waals surface area contributed by atoms with Gasteiger partial charge in [-0.15, -0.1) is 0 Å². The van der Waals surface area contributed by atoms with Gasteiger partial charge in [0.2, 0.25) is 0 Å². The molecule has 236 valence electrons. The Morgan fingerprint density at radius 3 is 1.70 bits per heavy atom. The molecule has 5 aromatic carbocycles. The second-order valence-corrected chi connectivity index (χ2v) is 14.1. The molecule has 2 aliphatic heterocycles. The number of benzene rings is 5. The van der Waals surface area contributed by atoms with Gasteiger partial charge in [0.1, 0.15) is 0 Å². The van der Waals surface area contributed by atoms with Crippen molar-refractivity contribution in [3.8, 4) is 22.3 Å². The third-order valence-corrected chi connectivity index (χ3v) is 11.5. The van der Waals surface area contributed by atoms with Gasteiger partial charge in [0, 0.05) is 46.1 Å². The lowest BCUT2D eigenvalue weighted by molar-refractivity contribution is -0.0228. The minimum absolute atomic E-state index is 0.0572. The highest BCUT2D eigenvalue weighted by molar-refractivity contribution is 6.15. The first-order valence-electron chi connectivity index (χ1n) is 17.6. The van der Waals surface area contributed by atoms with Crippen LogP contribution in [-0.2, 0) is 6.54 Å². The smallest absolute Gasteiger partial charge is 0.257 e. The van der Waals surface area contributed by atoms with Gasteiger partial charge >= 0.3 is 0 Å². The standard InChI is InChI=1S/C42H40N2O3/c45-40-36-23-21-31(33-14-7-9-28(38(33)36)25-43(40)29-10-3-1-4-11-29)26-17-19-27(20-18-26)32-22-24-37-39-34(32)15-8-16-35(39)41(46)44(42(37)47)30-12-5-2-6-13-30/h7-9,14-24,29-30,41,46H,1-6,10-13,25H2. The molecule has 2 aliphatic carbocycles. The van der Waals surface area contributed by atoms with Gasteiger partial charge in [0.05, 0.1) is 0 Å². The number of aliphatic hydroxyl groups excluding tert-OH is 1. The molecule has 2 saturated carbocycles. The molecular weight excluding hydrogens is 580 g/mol. The van der Waals surface area contributed by atoms with Crippen LogP contribution in [0.15, 0.2) is 84.9 Å². The molecule has 5 aromatic rings. The van der Waals surface area contributed by atoms with Crippen LogP contribution in [0.3, 0.4) is 0 Å². The van der Waals surface area contributed by atoms with E-state index in [0.29, 0.717) is 18.2 Å². The van der Waals surface area contributed by atoms with Gasteiger partial charge in [0.15, 0.2) is 6.23 Å². The molecule has 0 spiro atoms. The quantitative estimate of drug-likeness (QED) is 0.218. The van der Waals surface area contributed by atoms with Gasteiger partial charge in [-0.05, 0) is 76.4 Å². The summed E-state index contributed by atoms with van der Waals surface area (Å²) < 4.78 is 0. The molecule has 0 saturated heterocycles. The predicted octanol–water partition coefficient (Wildman–Crippen LogP) is 9.39. The maximum Gasteiger partial charge on any atom is 0.257 e. The van der Waals surface area contributed by atoms with Crippen molar-refractivity contribution in [1.29, 1.82) is 0 Å². The number of hydrogen-bond acceptors (Lipinski definition) is 3. The lowest BCUT2D eigenvalue weighted by atomic mass is 9.85. The topological polar surface area (TPSA) is 60.9 Å². The third kappa shape index (κ3) is 4.54. The Balaban J connectivity index is 1.06. The fourth-order valence-corrected chi connectivity index (χ4v) is 9.18. The zero-order valence-electron chi connectivity index (χ0n) is 26.8. The molecule has 1 atom stereocenters. The Labute approximate surface area is 275 Å². The Morgan fingerprint density at radius 1 is 0.532 bits per heavy atom. The van der Waals surface area contributed by atoms with Gasteiger partial charge < -0.3 is 14.9 Å². The monoisotopic (exact) mass is 620 g/mol. The number of hydrogen-bond donors (Lipinski definition) is 1. The van der Waals surface area contributed by atoms with Gasteiger partial charge in [-0.1, -0.05) is 111 Å². The lowest BCUT2D eigenvalue weighted by Crippen LogP contribution is -2.46. The van der Waals surface area contributed by atoms with E-state index in [0.717, 1.165) is 93.5 Å². The number of aliphatic hydroxyl groups is 1. The normalized spacial score (nSPS) is 20.4. The van der Waals surface area contributed by atoms with Gasteiger partial charge in [0.25, 0.3) is 11.8 Å². The van der Waals surface area contributed by atoms with Crippen LogP contribution < -0.4 is 0 Å². The van der Waals surface area contributed by atoms with E-state index in [4.69, 9.17) is 0 Å². The molecule has 2 heterocycles. The highest BCUT2D eigenvalue weighted by atomic mass is 16.3. The largest absolute Gasteiger partial charge is 0.369 e. The predicted molar refractivity (Wildman–Crippen MR) is 187 cm³/mol. The molecular formula is C42H40N2O3. The van der Waals surface area contributed by atoms with Crippen molar-refractivity contribution in [3.63, 3.8) is 0 Å². The number of carbonyl (C=O) groups is 2. The SMILES string of the molecule is O=C1c2ccc(-c3ccc(-c4ccc5c6c(cccc46)C(O)N(C4CCCCC4)C5=O)cc3)c3cccc(c23)CN1C1CCCCC1. The second kappa shape index (κ2) is 11.3. The summed E-state index contributed by atoms with van der Waals surface area (Å²) in [6.45, 7) is 0.691. The number of carbonyl (C=O) groups excluding carboxylic acids is 2. The van der Waals surface area contributed by atoms with Crippen LogP contribution in [-0.4, -0.2) is 38.8 Å². The van der Waals surface area contributed by atoms with E-state index in [1.807, 2.05) is 24.3 Å². The van der Waals surface area contributed by atoms with Crippen molar-refractivity contribution in [2.75, 3.05) is 0 Å². The molecule has 5 nitrogen and oxygen atoms in total. The van der Waals surface area contributed by atoms with E-state index in [1.165, 1.54) is 31.2 Å². The first-order chi connectivity index (χ1) is 23.1. The molecule has 0 aromatic heterocycles. The average Bonchev–Trinajstić information content (AvgIpc) is 3.13. The molecule has 9 rings (SSSR count). The number of nitrogens with zero attached hydrogens (tertiary/aromatic N) is 2. The fourth-order valence-electron chi connectivity index (χ4n) is 9.18. The highest BCUT2D eigenvalue weighted by Gasteiger charge is 2.38. The van der Waals surface area contributed by atoms with Crippen molar-refractivity contribution in [3.05, 3.63) is 107 Å². The Morgan fingerprint density at radius 2 is 1.06 bits per heavy atom. The maximum atomic E-state index is 13.8. The average molecular weight is 621 g/mol. The minimum atomic E-state index is -0.922. The Hall–Kier alpha value is -4.48. The summed E-state index contributed by atoms with van der Waals surface area (Å²) in [6.07, 6.45) is 10.3. The first kappa shape index (κ1) is 28.7. The summed E-state index contributed by atoms with van der Waals surface area (Å²) in [7, 11) is 0. The summed E-state index contributed by atoms with van der Waals surface area (Å²) in [4.78, 5) is 31.4. The van der Waals surface area contributed by atoms with Crippen LogP contribution in [0.25, 0.3) is 43.8 Å². The molecule has 0 bridgehead atoms. The van der Waals surface area contributed by atoms with Crippen molar-refractivity contribution < 1.29 is 14.7 Å². The molecule has 4 aliphatic rings. The maximum absolute atomic E-state index is 13.8. The zero-order valence-corrected chi connectivity index (χ0v) is 26.8. The second-order valence-electron chi connectivity index (χ2n) is 14.1. The van der Waals surface area contributed by atoms with E-state index in [9.17, 15) is 14.7 Å². The zero-order chi connectivity index (χ0) is 31.6. The van der Waals surface area contributed by atoms with Crippen molar-refractivity contribution in [2.24, 2.45) is 0 Å². The first-order valence-corrected chi connectivity index (χ1v) is 17.6. The molecule has 0 radical (unpaired) electrons. The van der Waals surface area contributed by atoms with Crippen LogP contribution in [0.4, 0.5) is 0 Å². The van der Waals surface area contributed by atoms with E-state index >= 15 is 0 Å². The summed E-state index contributed by atoms with van der Waals surface area (Å²) in [5.41, 5.74) is 7.93. The van der Waals surface area contributed by atoms with E-state index < -0.39 is 6.23 Å². The lowest BCUT2D eigenvalue weighted by Gasteiger charge is -2.41. The van der Waals surface area contributed by atoms with Crippen molar-refractivity contribution in [1.82, 2.24) is 9.80 Å². The summed E-state index contributed by atoms with van der Waals surface area (Å²) in [6, 6.07) is 29.8. The third-order valence-electron chi connectivity index (χ3n) is 11.5. The molecule has 1 unspecified atom stereocenters. The summed E-state index contributed by atoms with van der Waals surface area (Å²) in [5, 5.41) is 15.6. The van der Waals surface area contributed by atoms with Crippen LogP contribution >= 0.6 is 0 Å². The minimum Gasteiger partial charge on any atom is -0.369 e. The summed E-state index contributed by atoms with van der Waals surface area (Å²) >= 11 is 0. The molecule has 1 N–H and O–H groups in total. The van der Waals surface area contributed by atoms with Crippen LogP contribution in [0.2, 0.25) is 0 Å².